The number of nitrogens with zero attached hydrogens (tertiary/aromatic N) is 1. The molecule has 0 aromatic heterocycles. The number of allylic oxidation sites excluding steroid dienone is 4. The molecule has 10 atom stereocenters. The molecule has 0 spiro atoms. The van der Waals surface area contributed by atoms with Crippen LogP contribution in [0.3, 0.4) is 0 Å². The maximum atomic E-state index is 11.2. The normalized spacial score (nSPS) is 38.5. The first-order chi connectivity index (χ1) is 17.0. The highest BCUT2D eigenvalue weighted by Gasteiger charge is 2.44. The van der Waals surface area contributed by atoms with E-state index < -0.39 is 24.3 Å². The number of rotatable bonds is 10. The number of hydrogen-bond acceptors (Lipinski definition) is 5. The van der Waals surface area contributed by atoms with Gasteiger partial charge in [0.2, 0.25) is 0 Å². The van der Waals surface area contributed by atoms with E-state index in [2.05, 4.69) is 65.0 Å². The molecule has 2 aliphatic heterocycles. The molecular formula is C30H47NO5. The van der Waals surface area contributed by atoms with Gasteiger partial charge in [-0.1, -0.05) is 57.2 Å². The predicted molar refractivity (Wildman–Crippen MR) is 144 cm³/mol. The Morgan fingerprint density at radius 3 is 2.56 bits per heavy atom. The lowest BCUT2D eigenvalue weighted by Crippen LogP contribution is -2.53. The van der Waals surface area contributed by atoms with E-state index in [1.165, 1.54) is 11.1 Å². The summed E-state index contributed by atoms with van der Waals surface area (Å²) in [5.74, 6) is 0.878. The Balaban J connectivity index is 1.56. The van der Waals surface area contributed by atoms with Gasteiger partial charge in [-0.2, -0.15) is 0 Å². The van der Waals surface area contributed by atoms with E-state index in [4.69, 9.17) is 9.47 Å². The molecule has 2 fully saturated rings. The molecule has 2 N–H and O–H groups in total. The Morgan fingerprint density at radius 1 is 1.22 bits per heavy atom. The van der Waals surface area contributed by atoms with Gasteiger partial charge >= 0.3 is 5.97 Å². The topological polar surface area (TPSA) is 79.2 Å². The van der Waals surface area contributed by atoms with Crippen LogP contribution in [0.15, 0.2) is 47.6 Å². The maximum absolute atomic E-state index is 11.2. The summed E-state index contributed by atoms with van der Waals surface area (Å²) in [6.45, 7) is 11.0. The van der Waals surface area contributed by atoms with Crippen molar-refractivity contribution in [3.63, 3.8) is 0 Å². The van der Waals surface area contributed by atoms with Crippen molar-refractivity contribution in [2.75, 3.05) is 14.1 Å². The Kier molecular flexibility index (Phi) is 10.2. The van der Waals surface area contributed by atoms with Gasteiger partial charge in [0.15, 0.2) is 0 Å². The molecule has 202 valence electrons. The van der Waals surface area contributed by atoms with Crippen LogP contribution < -0.4 is 0 Å². The minimum absolute atomic E-state index is 0.0433. The molecule has 0 bridgehead atoms. The van der Waals surface area contributed by atoms with Gasteiger partial charge < -0.3 is 24.6 Å². The van der Waals surface area contributed by atoms with E-state index in [0.717, 1.165) is 12.8 Å². The Labute approximate surface area is 217 Å². The molecule has 3 rings (SSSR count). The molecule has 1 aliphatic carbocycles. The van der Waals surface area contributed by atoms with Gasteiger partial charge in [-0.25, -0.2) is 0 Å². The van der Waals surface area contributed by atoms with Crippen LogP contribution in [0.4, 0.5) is 0 Å². The number of aliphatic carboxylic acids is 1. The molecule has 0 radical (unpaired) electrons. The molecule has 2 heterocycles. The van der Waals surface area contributed by atoms with E-state index in [0.29, 0.717) is 30.1 Å². The van der Waals surface area contributed by atoms with Gasteiger partial charge in [0, 0.05) is 6.04 Å². The highest BCUT2D eigenvalue weighted by atomic mass is 16.5. The lowest BCUT2D eigenvalue weighted by atomic mass is 9.92. The van der Waals surface area contributed by atoms with Crippen molar-refractivity contribution in [1.82, 2.24) is 4.90 Å². The maximum Gasteiger partial charge on any atom is 0.305 e. The zero-order valence-corrected chi connectivity index (χ0v) is 23.1. The number of likely N-dealkylation sites (N-methyl/N-ethyl adjacent to an activating group) is 1. The average molecular weight is 502 g/mol. The summed E-state index contributed by atoms with van der Waals surface area (Å²) in [5.41, 5.74) is 2.64. The van der Waals surface area contributed by atoms with Crippen LogP contribution in [0.5, 0.6) is 0 Å². The van der Waals surface area contributed by atoms with E-state index in [1.54, 1.807) is 0 Å². The minimum atomic E-state index is -0.872. The summed E-state index contributed by atoms with van der Waals surface area (Å²) >= 11 is 0. The molecule has 6 heteroatoms. The van der Waals surface area contributed by atoms with Crippen molar-refractivity contribution in [3.8, 4) is 0 Å². The molecule has 0 aromatic rings. The SMILES string of the molecule is CC[C@H]1O[C@@H](/C(C)=C/[C@H](C)/C=C/[C@H]2[C@@H](C)[C@@H]2/C=C/[C@@H]2O[C@H](CC(=O)O)C[C@H](N(C)C)[C@H]2O)CC=C1C. The van der Waals surface area contributed by atoms with Crippen molar-refractivity contribution in [3.05, 3.63) is 47.6 Å². The fourth-order valence-corrected chi connectivity index (χ4v) is 5.74. The third-order valence-electron chi connectivity index (χ3n) is 8.22. The molecule has 0 aromatic carbocycles. The zero-order chi connectivity index (χ0) is 26.6. The van der Waals surface area contributed by atoms with Gasteiger partial charge in [0.1, 0.15) is 6.10 Å². The number of carboxylic acids is 1. The summed E-state index contributed by atoms with van der Waals surface area (Å²) in [7, 11) is 3.83. The zero-order valence-electron chi connectivity index (χ0n) is 23.1. The van der Waals surface area contributed by atoms with Gasteiger partial charge in [0.05, 0.1) is 30.8 Å². The number of carbonyl (C=O) groups is 1. The van der Waals surface area contributed by atoms with Crippen molar-refractivity contribution in [2.24, 2.45) is 23.7 Å². The van der Waals surface area contributed by atoms with Crippen LogP contribution >= 0.6 is 0 Å². The summed E-state index contributed by atoms with van der Waals surface area (Å²) < 4.78 is 12.3. The lowest BCUT2D eigenvalue weighted by molar-refractivity contribution is -0.153. The Bertz CT molecular complexity index is 875. The van der Waals surface area contributed by atoms with Gasteiger partial charge in [-0.05, 0) is 82.0 Å². The summed E-state index contributed by atoms with van der Waals surface area (Å²) in [6, 6.07) is -0.124. The van der Waals surface area contributed by atoms with Crippen molar-refractivity contribution in [2.45, 2.75) is 96.9 Å². The number of aliphatic hydroxyl groups is 1. The highest BCUT2D eigenvalue weighted by Crippen LogP contribution is 2.48. The first kappa shape index (κ1) is 28.8. The predicted octanol–water partition coefficient (Wildman–Crippen LogP) is 5.00. The summed E-state index contributed by atoms with van der Waals surface area (Å²) in [6.07, 6.45) is 14.6. The number of carboxylic acid groups (broad SMARTS) is 1. The van der Waals surface area contributed by atoms with Crippen LogP contribution in [0.1, 0.15) is 60.3 Å². The van der Waals surface area contributed by atoms with Gasteiger partial charge in [-0.3, -0.25) is 4.79 Å². The quantitative estimate of drug-likeness (QED) is 0.410. The first-order valence-electron chi connectivity index (χ1n) is 13.6. The molecule has 3 aliphatic rings. The first-order valence-corrected chi connectivity index (χ1v) is 13.6. The minimum Gasteiger partial charge on any atom is -0.481 e. The molecule has 0 amide bonds. The second-order valence-corrected chi connectivity index (χ2v) is 11.3. The summed E-state index contributed by atoms with van der Waals surface area (Å²) in [5, 5.41) is 20.0. The van der Waals surface area contributed by atoms with E-state index in [1.807, 2.05) is 25.1 Å². The van der Waals surface area contributed by atoms with Gasteiger partial charge in [-0.15, -0.1) is 0 Å². The van der Waals surface area contributed by atoms with Crippen LogP contribution in [0.2, 0.25) is 0 Å². The Morgan fingerprint density at radius 2 is 1.92 bits per heavy atom. The second-order valence-electron chi connectivity index (χ2n) is 11.3. The van der Waals surface area contributed by atoms with Crippen LogP contribution in [0.25, 0.3) is 0 Å². The third kappa shape index (κ3) is 7.41. The smallest absolute Gasteiger partial charge is 0.305 e. The lowest BCUT2D eigenvalue weighted by Gasteiger charge is -2.41. The highest BCUT2D eigenvalue weighted by molar-refractivity contribution is 5.67. The van der Waals surface area contributed by atoms with Crippen molar-refractivity contribution >= 4 is 5.97 Å². The van der Waals surface area contributed by atoms with Gasteiger partial charge in [0.25, 0.3) is 0 Å². The van der Waals surface area contributed by atoms with Crippen LogP contribution in [-0.4, -0.2) is 71.7 Å². The standard InChI is InChI=1S/C30H47NO5/c1-8-26-19(3)10-13-27(36-26)20(4)15-18(2)9-11-23-21(5)24(23)12-14-28-30(34)25(31(6)7)16-22(35-28)17-29(32)33/h9-12,14-15,18,21-28,30,34H,8,13,16-17H2,1-7H3,(H,32,33)/b11-9+,14-12+,20-15+/t18-,21-,22+,23+,24+,25+,26-,27-,28+,30-/m1/s1. The van der Waals surface area contributed by atoms with Crippen LogP contribution in [-0.2, 0) is 14.3 Å². The molecule has 36 heavy (non-hydrogen) atoms. The molecule has 6 nitrogen and oxygen atoms in total. The molecule has 1 saturated carbocycles. The molecule has 0 unspecified atom stereocenters. The Hall–Kier alpha value is -1.73. The molecule has 1 saturated heterocycles. The fourth-order valence-electron chi connectivity index (χ4n) is 5.74. The number of aliphatic hydroxyl groups excluding tert-OH is 1. The van der Waals surface area contributed by atoms with E-state index in [-0.39, 0.29) is 24.7 Å². The monoisotopic (exact) mass is 501 g/mol. The average Bonchev–Trinajstić information content (AvgIpc) is 3.44. The van der Waals surface area contributed by atoms with Crippen molar-refractivity contribution in [1.29, 1.82) is 0 Å². The van der Waals surface area contributed by atoms with Crippen molar-refractivity contribution < 1.29 is 24.5 Å². The third-order valence-corrected chi connectivity index (χ3v) is 8.22. The number of ether oxygens (including phenoxy) is 2. The second kappa shape index (κ2) is 12.7. The van der Waals surface area contributed by atoms with Crippen LogP contribution in [0, 0.1) is 23.7 Å². The van der Waals surface area contributed by atoms with E-state index in [9.17, 15) is 15.0 Å². The largest absolute Gasteiger partial charge is 0.481 e. The molecular weight excluding hydrogens is 454 g/mol. The fraction of sp³-hybridized carbons (Fsp3) is 0.700. The summed E-state index contributed by atoms with van der Waals surface area (Å²) in [4.78, 5) is 13.2. The van der Waals surface area contributed by atoms with E-state index >= 15 is 0 Å². The number of hydrogen-bond donors (Lipinski definition) is 2.